The lowest BCUT2D eigenvalue weighted by Crippen LogP contribution is -2.28. The Morgan fingerprint density at radius 2 is 1.81 bits per heavy atom. The van der Waals surface area contributed by atoms with Crippen LogP contribution in [0.4, 0.5) is 18.9 Å². The van der Waals surface area contributed by atoms with Gasteiger partial charge >= 0.3 is 6.18 Å². The summed E-state index contributed by atoms with van der Waals surface area (Å²) in [5, 5.41) is 10.7. The molecule has 4 aromatic rings. The minimum Gasteiger partial charge on any atom is -0.325 e. The fourth-order valence-electron chi connectivity index (χ4n) is 3.84. The number of nitrogens with one attached hydrogen (secondary N) is 2. The van der Waals surface area contributed by atoms with Gasteiger partial charge in [-0.25, -0.2) is 0 Å². The van der Waals surface area contributed by atoms with Gasteiger partial charge in [0.05, 0.1) is 28.9 Å². The van der Waals surface area contributed by atoms with E-state index in [0.717, 1.165) is 34.2 Å². The Morgan fingerprint density at radius 3 is 2.52 bits per heavy atom. The Morgan fingerprint density at radius 1 is 1.03 bits per heavy atom. The first-order chi connectivity index (χ1) is 14.9. The number of anilines is 1. The van der Waals surface area contributed by atoms with E-state index >= 15 is 0 Å². The molecule has 31 heavy (non-hydrogen) atoms. The van der Waals surface area contributed by atoms with Gasteiger partial charge in [-0.1, -0.05) is 30.3 Å². The molecule has 0 radical (unpaired) electrons. The van der Waals surface area contributed by atoms with Crippen molar-refractivity contribution in [1.29, 1.82) is 0 Å². The second-order valence-electron chi connectivity index (χ2n) is 7.71. The van der Waals surface area contributed by atoms with Gasteiger partial charge in [0.25, 0.3) is 0 Å². The van der Waals surface area contributed by atoms with Crippen LogP contribution >= 0.6 is 0 Å². The highest BCUT2D eigenvalue weighted by molar-refractivity contribution is 6.01. The zero-order chi connectivity index (χ0) is 21.6. The highest BCUT2D eigenvalue weighted by Crippen LogP contribution is 2.50. The highest BCUT2D eigenvalue weighted by atomic mass is 19.4. The summed E-state index contributed by atoms with van der Waals surface area (Å²) in [6.07, 6.45) is 1.78. The molecule has 1 amide bonds. The topological polar surface area (TPSA) is 70.7 Å². The summed E-state index contributed by atoms with van der Waals surface area (Å²) in [5.41, 5.74) is 1.98. The predicted molar refractivity (Wildman–Crippen MR) is 110 cm³/mol. The average molecular weight is 422 g/mol. The number of carbonyl (C=O) groups excluding carboxylic acids is 1. The van der Waals surface area contributed by atoms with E-state index in [1.165, 1.54) is 6.07 Å². The van der Waals surface area contributed by atoms with Gasteiger partial charge in [0.2, 0.25) is 5.91 Å². The molecule has 2 aromatic heterocycles. The number of aromatic nitrogens is 3. The lowest BCUT2D eigenvalue weighted by Gasteiger charge is -2.18. The number of alkyl halides is 3. The van der Waals surface area contributed by atoms with Crippen LogP contribution in [0.5, 0.6) is 0 Å². The maximum absolute atomic E-state index is 13.1. The monoisotopic (exact) mass is 422 g/mol. The number of rotatable bonds is 4. The second-order valence-corrected chi connectivity index (χ2v) is 7.71. The normalized spacial score (nSPS) is 15.1. The smallest absolute Gasteiger partial charge is 0.325 e. The van der Waals surface area contributed by atoms with Crippen LogP contribution in [0.2, 0.25) is 0 Å². The Kier molecular flexibility index (Phi) is 4.32. The summed E-state index contributed by atoms with van der Waals surface area (Å²) in [4.78, 5) is 17.1. The largest absolute Gasteiger partial charge is 0.416 e. The number of carbonyl (C=O) groups is 1. The van der Waals surface area contributed by atoms with Crippen molar-refractivity contribution < 1.29 is 18.0 Å². The van der Waals surface area contributed by atoms with Gasteiger partial charge in [0, 0.05) is 22.8 Å². The molecular formula is C23H17F3N4O. The molecule has 156 valence electrons. The van der Waals surface area contributed by atoms with Gasteiger partial charge in [0.15, 0.2) is 0 Å². The molecule has 0 saturated heterocycles. The lowest BCUT2D eigenvalue weighted by molar-refractivity contribution is -0.137. The SMILES string of the molecule is O=C(Nc1ccc(-c2cncc3[nH]ncc23)cc1)C1(c2cccc(C(F)(F)F)c2)CC1. The van der Waals surface area contributed by atoms with Crippen LogP contribution < -0.4 is 5.32 Å². The van der Waals surface area contributed by atoms with Crippen LogP contribution in [-0.2, 0) is 16.4 Å². The molecule has 0 spiro atoms. The summed E-state index contributed by atoms with van der Waals surface area (Å²) in [6, 6.07) is 12.3. The van der Waals surface area contributed by atoms with Crippen LogP contribution in [0.15, 0.2) is 67.1 Å². The summed E-state index contributed by atoms with van der Waals surface area (Å²) in [6.45, 7) is 0. The first kappa shape index (κ1) is 19.3. The summed E-state index contributed by atoms with van der Waals surface area (Å²) in [5.74, 6) is -0.293. The van der Waals surface area contributed by atoms with Crippen molar-refractivity contribution in [3.63, 3.8) is 0 Å². The molecule has 2 N–H and O–H groups in total. The number of hydrogen-bond donors (Lipinski definition) is 2. The zero-order valence-electron chi connectivity index (χ0n) is 16.2. The minimum atomic E-state index is -4.44. The van der Waals surface area contributed by atoms with Crippen molar-refractivity contribution in [2.75, 3.05) is 5.32 Å². The van der Waals surface area contributed by atoms with Crippen LogP contribution in [0.25, 0.3) is 22.0 Å². The molecule has 0 atom stereocenters. The van der Waals surface area contributed by atoms with Crippen LogP contribution in [0.1, 0.15) is 24.0 Å². The Hall–Kier alpha value is -3.68. The number of halogens is 3. The van der Waals surface area contributed by atoms with Crippen molar-refractivity contribution >= 4 is 22.5 Å². The quantitative estimate of drug-likeness (QED) is 0.468. The maximum Gasteiger partial charge on any atom is 0.416 e. The van der Waals surface area contributed by atoms with E-state index < -0.39 is 17.2 Å². The molecule has 0 bridgehead atoms. The maximum atomic E-state index is 13.1. The van der Waals surface area contributed by atoms with Crippen LogP contribution in [0.3, 0.4) is 0 Å². The molecule has 1 aliphatic rings. The van der Waals surface area contributed by atoms with Gasteiger partial charge in [-0.2, -0.15) is 18.3 Å². The van der Waals surface area contributed by atoms with E-state index in [9.17, 15) is 18.0 Å². The Labute approximate surface area is 175 Å². The molecule has 5 nitrogen and oxygen atoms in total. The van der Waals surface area contributed by atoms with Crippen LogP contribution in [-0.4, -0.2) is 21.1 Å². The minimum absolute atomic E-state index is 0.293. The standard InChI is InChI=1S/C23H17F3N4O/c24-23(25,26)16-3-1-2-15(10-16)22(8-9-22)21(31)29-17-6-4-14(5-7-17)18-11-27-13-20-19(18)12-28-30-20/h1-7,10-13H,8-9H2,(H,28,30)(H,29,31). The van der Waals surface area contributed by atoms with Gasteiger partial charge in [0.1, 0.15) is 0 Å². The van der Waals surface area contributed by atoms with Crippen LogP contribution in [0, 0.1) is 0 Å². The molecule has 2 heterocycles. The average Bonchev–Trinajstić information content (AvgIpc) is 3.44. The van der Waals surface area contributed by atoms with Crippen molar-refractivity contribution in [1.82, 2.24) is 15.2 Å². The first-order valence-electron chi connectivity index (χ1n) is 9.74. The summed E-state index contributed by atoms with van der Waals surface area (Å²) < 4.78 is 39.2. The first-order valence-corrected chi connectivity index (χ1v) is 9.74. The van der Waals surface area contributed by atoms with Crippen molar-refractivity contribution in [3.05, 3.63) is 78.2 Å². The van der Waals surface area contributed by atoms with E-state index in [4.69, 9.17) is 0 Å². The molecule has 2 aromatic carbocycles. The van der Waals surface area contributed by atoms with Crippen molar-refractivity contribution in [2.45, 2.75) is 24.4 Å². The predicted octanol–water partition coefficient (Wildman–Crippen LogP) is 5.31. The van der Waals surface area contributed by atoms with E-state index in [0.29, 0.717) is 24.1 Å². The van der Waals surface area contributed by atoms with Gasteiger partial charge < -0.3 is 5.32 Å². The lowest BCUT2D eigenvalue weighted by atomic mass is 9.93. The fourth-order valence-corrected chi connectivity index (χ4v) is 3.84. The molecule has 1 fully saturated rings. The van der Waals surface area contributed by atoms with Crippen molar-refractivity contribution in [2.24, 2.45) is 0 Å². The number of benzene rings is 2. The number of H-pyrrole nitrogens is 1. The molecule has 0 aliphatic heterocycles. The highest BCUT2D eigenvalue weighted by Gasteiger charge is 2.51. The number of pyridine rings is 1. The third-order valence-corrected chi connectivity index (χ3v) is 5.75. The molecular weight excluding hydrogens is 405 g/mol. The number of aromatic amines is 1. The Bertz CT molecular complexity index is 1270. The molecule has 8 heteroatoms. The molecule has 5 rings (SSSR count). The van der Waals surface area contributed by atoms with E-state index in [1.54, 1.807) is 36.8 Å². The number of nitrogens with zero attached hydrogens (tertiary/aromatic N) is 2. The Balaban J connectivity index is 1.37. The van der Waals surface area contributed by atoms with Crippen molar-refractivity contribution in [3.8, 4) is 11.1 Å². The van der Waals surface area contributed by atoms with E-state index in [2.05, 4.69) is 20.5 Å². The summed E-state index contributed by atoms with van der Waals surface area (Å²) >= 11 is 0. The molecule has 1 saturated carbocycles. The second kappa shape index (κ2) is 6.94. The van der Waals surface area contributed by atoms with Gasteiger partial charge in [-0.05, 0) is 42.2 Å². The zero-order valence-corrected chi connectivity index (χ0v) is 16.2. The van der Waals surface area contributed by atoms with Gasteiger partial charge in [-0.15, -0.1) is 0 Å². The number of fused-ring (bicyclic) bond motifs is 1. The third kappa shape index (κ3) is 3.43. The van der Waals surface area contributed by atoms with E-state index in [1.807, 2.05) is 12.1 Å². The molecule has 1 aliphatic carbocycles. The fraction of sp³-hybridized carbons (Fsp3) is 0.174. The summed E-state index contributed by atoms with van der Waals surface area (Å²) in [7, 11) is 0. The molecule has 0 unspecified atom stereocenters. The number of hydrogen-bond acceptors (Lipinski definition) is 3. The van der Waals surface area contributed by atoms with Gasteiger partial charge in [-0.3, -0.25) is 14.9 Å². The third-order valence-electron chi connectivity index (χ3n) is 5.75. The number of amides is 1. The van der Waals surface area contributed by atoms with E-state index in [-0.39, 0.29) is 5.91 Å².